The first-order chi connectivity index (χ1) is 16.4. The Balaban J connectivity index is 1.66. The van der Waals surface area contributed by atoms with Crippen LogP contribution in [0.2, 0.25) is 0 Å². The minimum absolute atomic E-state index is 0.160. The molecule has 2 aromatic carbocycles. The molecule has 0 saturated carbocycles. The number of unbranched alkanes of at least 4 members (excludes halogenated alkanes) is 1. The molecular formula is C26H32N2O6. The molecule has 0 spiro atoms. The van der Waals surface area contributed by atoms with Crippen molar-refractivity contribution >= 4 is 35.1 Å². The summed E-state index contributed by atoms with van der Waals surface area (Å²) in [6.45, 7) is 4.59. The minimum Gasteiger partial charge on any atom is -0.462 e. The molecule has 2 rings (SSSR count). The Morgan fingerprint density at radius 2 is 0.971 bits per heavy atom. The number of benzene rings is 2. The fourth-order valence-corrected chi connectivity index (χ4v) is 2.95. The maximum atomic E-state index is 12.1. The maximum absolute atomic E-state index is 12.1. The zero-order chi connectivity index (χ0) is 24.8. The lowest BCUT2D eigenvalue weighted by Gasteiger charge is -2.08. The number of ether oxygens (including phenoxy) is 2. The number of anilines is 2. The number of carbonyl (C=O) groups excluding carboxylic acids is 4. The third-order valence-corrected chi connectivity index (χ3v) is 4.74. The topological polar surface area (TPSA) is 111 Å². The van der Waals surface area contributed by atoms with Gasteiger partial charge in [-0.1, -0.05) is 13.8 Å². The van der Waals surface area contributed by atoms with Gasteiger partial charge in [-0.15, -0.1) is 0 Å². The zero-order valence-electron chi connectivity index (χ0n) is 19.7. The molecule has 0 fully saturated rings. The summed E-state index contributed by atoms with van der Waals surface area (Å²) in [5, 5.41) is 5.55. The number of amides is 2. The molecular weight excluding hydrogens is 436 g/mol. The molecule has 0 bridgehead atoms. The molecule has 0 atom stereocenters. The molecule has 0 aliphatic heterocycles. The van der Waals surface area contributed by atoms with Crippen molar-refractivity contribution in [2.45, 2.75) is 52.4 Å². The fourth-order valence-electron chi connectivity index (χ4n) is 2.95. The van der Waals surface area contributed by atoms with Crippen LogP contribution in [0.5, 0.6) is 0 Å². The standard InChI is InChI=1S/C26H32N2O6/c1-3-17-33-25(31)19-9-13-21(14-10-19)27-23(29)7-5-6-8-24(30)28-22-15-11-20(12-16-22)26(32)34-18-4-2/h9-16H,3-8,17-18H2,1-2H3,(H,27,29)(H,28,30). The molecule has 2 N–H and O–H groups in total. The minimum atomic E-state index is -0.386. The predicted octanol–water partition coefficient (Wildman–Crippen LogP) is 4.96. The van der Waals surface area contributed by atoms with Gasteiger partial charge in [0.25, 0.3) is 0 Å². The molecule has 8 nitrogen and oxygen atoms in total. The lowest BCUT2D eigenvalue weighted by atomic mass is 10.1. The van der Waals surface area contributed by atoms with Crippen molar-refractivity contribution in [2.75, 3.05) is 23.8 Å². The van der Waals surface area contributed by atoms with E-state index in [1.165, 1.54) is 0 Å². The van der Waals surface area contributed by atoms with Gasteiger partial charge in [0.1, 0.15) is 0 Å². The van der Waals surface area contributed by atoms with Crippen molar-refractivity contribution in [1.82, 2.24) is 0 Å². The van der Waals surface area contributed by atoms with E-state index < -0.39 is 0 Å². The van der Waals surface area contributed by atoms with Crippen LogP contribution in [-0.2, 0) is 19.1 Å². The first kappa shape index (κ1) is 26.6. The molecule has 0 aliphatic rings. The highest BCUT2D eigenvalue weighted by atomic mass is 16.5. The van der Waals surface area contributed by atoms with Gasteiger partial charge in [0.15, 0.2) is 0 Å². The summed E-state index contributed by atoms with van der Waals surface area (Å²) in [6, 6.07) is 13.1. The molecule has 182 valence electrons. The van der Waals surface area contributed by atoms with Gasteiger partial charge in [-0.05, 0) is 74.2 Å². The van der Waals surface area contributed by atoms with E-state index in [4.69, 9.17) is 9.47 Å². The van der Waals surface area contributed by atoms with E-state index in [-0.39, 0.29) is 36.6 Å². The van der Waals surface area contributed by atoms with Gasteiger partial charge in [0.05, 0.1) is 24.3 Å². The number of rotatable bonds is 13. The van der Waals surface area contributed by atoms with Crippen molar-refractivity contribution in [1.29, 1.82) is 0 Å². The second-order valence-electron chi connectivity index (χ2n) is 7.73. The highest BCUT2D eigenvalue weighted by Crippen LogP contribution is 2.14. The summed E-state index contributed by atoms with van der Waals surface area (Å²) in [5.74, 6) is -1.09. The van der Waals surface area contributed by atoms with Gasteiger partial charge in [-0.2, -0.15) is 0 Å². The Labute approximate surface area is 200 Å². The zero-order valence-corrected chi connectivity index (χ0v) is 19.7. The number of carbonyl (C=O) groups is 4. The number of esters is 2. The summed E-state index contributed by atoms with van der Waals surface area (Å²) < 4.78 is 10.1. The van der Waals surface area contributed by atoms with E-state index in [0.717, 1.165) is 12.8 Å². The van der Waals surface area contributed by atoms with Crippen LogP contribution in [0.15, 0.2) is 48.5 Å². The van der Waals surface area contributed by atoms with E-state index in [1.54, 1.807) is 48.5 Å². The van der Waals surface area contributed by atoms with Gasteiger partial charge in [0, 0.05) is 24.2 Å². The maximum Gasteiger partial charge on any atom is 0.338 e. The Kier molecular flexibility index (Phi) is 11.3. The average Bonchev–Trinajstić information content (AvgIpc) is 2.84. The predicted molar refractivity (Wildman–Crippen MR) is 130 cm³/mol. The van der Waals surface area contributed by atoms with Crippen LogP contribution >= 0.6 is 0 Å². The third kappa shape index (κ3) is 9.44. The molecule has 2 aromatic rings. The van der Waals surface area contributed by atoms with Crippen molar-refractivity contribution in [2.24, 2.45) is 0 Å². The van der Waals surface area contributed by atoms with Crippen LogP contribution in [0.4, 0.5) is 11.4 Å². The Hall–Kier alpha value is -3.68. The molecule has 0 saturated heterocycles. The van der Waals surface area contributed by atoms with Gasteiger partial charge in [0.2, 0.25) is 11.8 Å². The third-order valence-electron chi connectivity index (χ3n) is 4.74. The monoisotopic (exact) mass is 468 g/mol. The lowest BCUT2D eigenvalue weighted by molar-refractivity contribution is -0.118. The summed E-state index contributed by atoms with van der Waals surface area (Å²) in [7, 11) is 0. The van der Waals surface area contributed by atoms with Crippen LogP contribution in [0.3, 0.4) is 0 Å². The van der Waals surface area contributed by atoms with E-state index in [0.29, 0.717) is 48.6 Å². The molecule has 0 radical (unpaired) electrons. The van der Waals surface area contributed by atoms with Gasteiger partial charge in [-0.25, -0.2) is 9.59 Å². The van der Waals surface area contributed by atoms with Gasteiger partial charge >= 0.3 is 11.9 Å². The molecule has 34 heavy (non-hydrogen) atoms. The molecule has 0 heterocycles. The summed E-state index contributed by atoms with van der Waals surface area (Å²) in [6.07, 6.45) is 3.19. The van der Waals surface area contributed by atoms with Gasteiger partial charge in [-0.3, -0.25) is 9.59 Å². The van der Waals surface area contributed by atoms with Crippen molar-refractivity contribution in [3.8, 4) is 0 Å². The Morgan fingerprint density at radius 1 is 0.618 bits per heavy atom. The molecule has 8 heteroatoms. The van der Waals surface area contributed by atoms with Crippen LogP contribution in [0, 0.1) is 0 Å². The number of hydrogen-bond acceptors (Lipinski definition) is 6. The van der Waals surface area contributed by atoms with Crippen LogP contribution in [0.25, 0.3) is 0 Å². The first-order valence-corrected chi connectivity index (χ1v) is 11.6. The van der Waals surface area contributed by atoms with E-state index >= 15 is 0 Å². The van der Waals surface area contributed by atoms with Crippen molar-refractivity contribution < 1.29 is 28.7 Å². The molecule has 2 amide bonds. The Morgan fingerprint density at radius 3 is 1.29 bits per heavy atom. The van der Waals surface area contributed by atoms with Crippen LogP contribution < -0.4 is 10.6 Å². The number of hydrogen-bond donors (Lipinski definition) is 2. The lowest BCUT2D eigenvalue weighted by Crippen LogP contribution is -2.13. The second-order valence-corrected chi connectivity index (χ2v) is 7.73. The average molecular weight is 469 g/mol. The highest BCUT2D eigenvalue weighted by molar-refractivity contribution is 5.94. The quantitative estimate of drug-likeness (QED) is 0.318. The highest BCUT2D eigenvalue weighted by Gasteiger charge is 2.10. The second kappa shape index (κ2) is 14.5. The molecule has 0 aliphatic carbocycles. The van der Waals surface area contributed by atoms with Crippen molar-refractivity contribution in [3.63, 3.8) is 0 Å². The summed E-state index contributed by atoms with van der Waals surface area (Å²) >= 11 is 0. The van der Waals surface area contributed by atoms with Crippen LogP contribution in [0.1, 0.15) is 73.1 Å². The Bertz CT molecular complexity index is 875. The normalized spacial score (nSPS) is 10.3. The van der Waals surface area contributed by atoms with Gasteiger partial charge < -0.3 is 20.1 Å². The van der Waals surface area contributed by atoms with Crippen molar-refractivity contribution in [3.05, 3.63) is 59.7 Å². The molecule has 0 unspecified atom stereocenters. The van der Waals surface area contributed by atoms with E-state index in [1.807, 2.05) is 13.8 Å². The molecule has 0 aromatic heterocycles. The summed E-state index contributed by atoms with van der Waals surface area (Å²) in [5.41, 5.74) is 2.06. The van der Waals surface area contributed by atoms with Crippen LogP contribution in [-0.4, -0.2) is 37.0 Å². The summed E-state index contributed by atoms with van der Waals surface area (Å²) in [4.78, 5) is 47.8. The first-order valence-electron chi connectivity index (χ1n) is 11.6. The number of nitrogens with one attached hydrogen (secondary N) is 2. The largest absolute Gasteiger partial charge is 0.462 e. The van der Waals surface area contributed by atoms with E-state index in [9.17, 15) is 19.2 Å². The smallest absolute Gasteiger partial charge is 0.338 e. The SMILES string of the molecule is CCCOC(=O)c1ccc(NC(=O)CCCCC(=O)Nc2ccc(C(=O)OCCC)cc2)cc1. The fraction of sp³-hybridized carbons (Fsp3) is 0.385. The van der Waals surface area contributed by atoms with E-state index in [2.05, 4.69) is 10.6 Å².